The molecule has 1 saturated heterocycles. The summed E-state index contributed by atoms with van der Waals surface area (Å²) in [6.45, 7) is 5.09. The number of hydrogen-bond acceptors (Lipinski definition) is 4. The predicted octanol–water partition coefficient (Wildman–Crippen LogP) is 4.30. The van der Waals surface area contributed by atoms with Crippen LogP contribution in [0.5, 0.6) is 5.75 Å². The minimum absolute atomic E-state index is 0.155. The van der Waals surface area contributed by atoms with Gasteiger partial charge in [0, 0.05) is 18.4 Å². The molecule has 0 aliphatic carbocycles. The standard InChI is InChI=1S/C23H25N3O3/c1-16-22(17(2)26(25-16)19-9-4-3-5-10-19)23(27)24-18-8-6-11-20(14-18)29-15-21-12-7-13-28-21/h3-6,8-11,14,21H,7,12-13,15H2,1-2H3,(H,24,27). The van der Waals surface area contributed by atoms with E-state index in [0.717, 1.165) is 30.8 Å². The highest BCUT2D eigenvalue weighted by atomic mass is 16.5. The molecule has 3 aromatic rings. The van der Waals surface area contributed by atoms with Gasteiger partial charge in [0.2, 0.25) is 0 Å². The van der Waals surface area contributed by atoms with E-state index in [1.165, 1.54) is 0 Å². The molecule has 1 unspecified atom stereocenters. The van der Waals surface area contributed by atoms with Gasteiger partial charge in [0.15, 0.2) is 0 Å². The number of aryl methyl sites for hydroxylation is 1. The normalized spacial score (nSPS) is 16.0. The molecular weight excluding hydrogens is 366 g/mol. The van der Waals surface area contributed by atoms with E-state index in [-0.39, 0.29) is 12.0 Å². The number of nitrogens with zero attached hydrogens (tertiary/aromatic N) is 2. The lowest BCUT2D eigenvalue weighted by atomic mass is 10.1. The molecule has 0 bridgehead atoms. The topological polar surface area (TPSA) is 65.4 Å². The molecule has 4 rings (SSSR count). The Morgan fingerprint density at radius 3 is 2.79 bits per heavy atom. The number of aromatic nitrogens is 2. The smallest absolute Gasteiger partial charge is 0.259 e. The van der Waals surface area contributed by atoms with Gasteiger partial charge in [-0.25, -0.2) is 4.68 Å². The van der Waals surface area contributed by atoms with E-state index in [1.54, 1.807) is 4.68 Å². The van der Waals surface area contributed by atoms with Gasteiger partial charge in [-0.3, -0.25) is 4.79 Å². The number of hydrogen-bond donors (Lipinski definition) is 1. The van der Waals surface area contributed by atoms with Crippen LogP contribution in [-0.2, 0) is 4.74 Å². The van der Waals surface area contributed by atoms with Crippen molar-refractivity contribution in [3.63, 3.8) is 0 Å². The minimum atomic E-state index is -0.182. The number of amides is 1. The number of rotatable bonds is 6. The molecule has 2 aromatic carbocycles. The second-order valence-corrected chi connectivity index (χ2v) is 7.22. The Morgan fingerprint density at radius 2 is 2.03 bits per heavy atom. The Bertz CT molecular complexity index is 992. The number of para-hydroxylation sites is 1. The zero-order valence-corrected chi connectivity index (χ0v) is 16.7. The second kappa shape index (κ2) is 8.49. The lowest BCUT2D eigenvalue weighted by molar-refractivity contribution is 0.0680. The Hall–Kier alpha value is -3.12. The van der Waals surface area contributed by atoms with E-state index in [2.05, 4.69) is 10.4 Å². The summed E-state index contributed by atoms with van der Waals surface area (Å²) in [5, 5.41) is 7.52. The van der Waals surface area contributed by atoms with E-state index in [4.69, 9.17) is 9.47 Å². The number of carbonyl (C=O) groups excluding carboxylic acids is 1. The molecule has 29 heavy (non-hydrogen) atoms. The van der Waals surface area contributed by atoms with E-state index in [1.807, 2.05) is 68.4 Å². The summed E-state index contributed by atoms with van der Waals surface area (Å²) >= 11 is 0. The first kappa shape index (κ1) is 19.2. The van der Waals surface area contributed by atoms with Crippen LogP contribution in [0.2, 0.25) is 0 Å². The lowest BCUT2D eigenvalue weighted by Gasteiger charge is -2.12. The van der Waals surface area contributed by atoms with Crippen molar-refractivity contribution in [2.45, 2.75) is 32.8 Å². The van der Waals surface area contributed by atoms with Crippen molar-refractivity contribution in [3.05, 3.63) is 71.5 Å². The summed E-state index contributed by atoms with van der Waals surface area (Å²) in [5.41, 5.74) is 3.69. The number of ether oxygens (including phenoxy) is 2. The largest absolute Gasteiger partial charge is 0.491 e. The minimum Gasteiger partial charge on any atom is -0.491 e. The lowest BCUT2D eigenvalue weighted by Crippen LogP contribution is -2.17. The van der Waals surface area contributed by atoms with Crippen molar-refractivity contribution in [2.75, 3.05) is 18.5 Å². The molecule has 1 aliphatic rings. The van der Waals surface area contributed by atoms with Crippen LogP contribution in [-0.4, -0.2) is 35.0 Å². The Labute approximate surface area is 170 Å². The van der Waals surface area contributed by atoms with Crippen LogP contribution in [0.4, 0.5) is 5.69 Å². The summed E-state index contributed by atoms with van der Waals surface area (Å²) in [6, 6.07) is 17.2. The van der Waals surface area contributed by atoms with Crippen LogP contribution in [0, 0.1) is 13.8 Å². The van der Waals surface area contributed by atoms with E-state index in [9.17, 15) is 4.79 Å². The molecule has 2 heterocycles. The van der Waals surface area contributed by atoms with Gasteiger partial charge in [0.1, 0.15) is 12.4 Å². The van der Waals surface area contributed by atoms with Crippen molar-refractivity contribution in [2.24, 2.45) is 0 Å². The first-order valence-corrected chi connectivity index (χ1v) is 9.89. The first-order valence-electron chi connectivity index (χ1n) is 9.89. The number of nitrogens with one attached hydrogen (secondary N) is 1. The zero-order valence-electron chi connectivity index (χ0n) is 16.7. The molecule has 1 fully saturated rings. The average Bonchev–Trinajstić information content (AvgIpc) is 3.35. The highest BCUT2D eigenvalue weighted by Gasteiger charge is 2.20. The van der Waals surface area contributed by atoms with E-state index >= 15 is 0 Å². The molecule has 0 spiro atoms. The maximum atomic E-state index is 13.0. The summed E-state index contributed by atoms with van der Waals surface area (Å²) in [4.78, 5) is 13.0. The van der Waals surface area contributed by atoms with Crippen molar-refractivity contribution < 1.29 is 14.3 Å². The third kappa shape index (κ3) is 4.32. The summed E-state index contributed by atoms with van der Waals surface area (Å²) in [6.07, 6.45) is 2.27. The fourth-order valence-electron chi connectivity index (χ4n) is 3.61. The maximum absolute atomic E-state index is 13.0. The van der Waals surface area contributed by atoms with Crippen molar-refractivity contribution >= 4 is 11.6 Å². The third-order valence-corrected chi connectivity index (χ3v) is 5.07. The van der Waals surface area contributed by atoms with Crippen LogP contribution in [0.1, 0.15) is 34.6 Å². The van der Waals surface area contributed by atoms with Gasteiger partial charge in [-0.2, -0.15) is 5.10 Å². The number of anilines is 1. The van der Waals surface area contributed by atoms with Gasteiger partial charge >= 0.3 is 0 Å². The summed E-state index contributed by atoms with van der Waals surface area (Å²) in [7, 11) is 0. The molecule has 1 aromatic heterocycles. The number of benzene rings is 2. The quantitative estimate of drug-likeness (QED) is 0.680. The van der Waals surface area contributed by atoms with Crippen molar-refractivity contribution in [1.29, 1.82) is 0 Å². The van der Waals surface area contributed by atoms with Gasteiger partial charge in [-0.15, -0.1) is 0 Å². The van der Waals surface area contributed by atoms with Crippen LogP contribution in [0.3, 0.4) is 0 Å². The maximum Gasteiger partial charge on any atom is 0.259 e. The molecule has 1 amide bonds. The van der Waals surface area contributed by atoms with Gasteiger partial charge < -0.3 is 14.8 Å². The molecule has 1 N–H and O–H groups in total. The van der Waals surface area contributed by atoms with Gasteiger partial charge in [-0.05, 0) is 51.0 Å². The molecule has 6 nitrogen and oxygen atoms in total. The SMILES string of the molecule is Cc1nn(-c2ccccc2)c(C)c1C(=O)Nc1cccc(OCC2CCCO2)c1. The van der Waals surface area contributed by atoms with Gasteiger partial charge in [0.25, 0.3) is 5.91 Å². The average molecular weight is 391 g/mol. The fourth-order valence-corrected chi connectivity index (χ4v) is 3.61. The molecular formula is C23H25N3O3. The Balaban J connectivity index is 1.48. The Kier molecular flexibility index (Phi) is 5.62. The second-order valence-electron chi connectivity index (χ2n) is 7.22. The molecule has 0 radical (unpaired) electrons. The van der Waals surface area contributed by atoms with Crippen molar-refractivity contribution in [1.82, 2.24) is 9.78 Å². The molecule has 150 valence electrons. The molecule has 1 aliphatic heterocycles. The predicted molar refractivity (Wildman–Crippen MR) is 112 cm³/mol. The third-order valence-electron chi connectivity index (χ3n) is 5.07. The number of carbonyl (C=O) groups is 1. The van der Waals surface area contributed by atoms with Crippen LogP contribution in [0.25, 0.3) is 5.69 Å². The van der Waals surface area contributed by atoms with E-state index < -0.39 is 0 Å². The van der Waals surface area contributed by atoms with Crippen molar-refractivity contribution in [3.8, 4) is 11.4 Å². The summed E-state index contributed by atoms with van der Waals surface area (Å²) < 4.78 is 13.2. The monoisotopic (exact) mass is 391 g/mol. The highest BCUT2D eigenvalue weighted by Crippen LogP contribution is 2.22. The van der Waals surface area contributed by atoms with Gasteiger partial charge in [-0.1, -0.05) is 24.3 Å². The molecule has 0 saturated carbocycles. The van der Waals surface area contributed by atoms with Gasteiger partial charge in [0.05, 0.1) is 28.7 Å². The van der Waals surface area contributed by atoms with Crippen LogP contribution < -0.4 is 10.1 Å². The molecule has 6 heteroatoms. The highest BCUT2D eigenvalue weighted by molar-refractivity contribution is 6.06. The first-order chi connectivity index (χ1) is 14.1. The Morgan fingerprint density at radius 1 is 1.21 bits per heavy atom. The zero-order chi connectivity index (χ0) is 20.2. The summed E-state index contributed by atoms with van der Waals surface area (Å²) in [5.74, 6) is 0.533. The van der Waals surface area contributed by atoms with E-state index in [0.29, 0.717) is 29.3 Å². The van der Waals surface area contributed by atoms with Crippen LogP contribution >= 0.6 is 0 Å². The molecule has 1 atom stereocenters. The van der Waals surface area contributed by atoms with Crippen LogP contribution in [0.15, 0.2) is 54.6 Å². The fraction of sp³-hybridized carbons (Fsp3) is 0.304.